The van der Waals surface area contributed by atoms with Crippen molar-refractivity contribution < 1.29 is 0 Å². The van der Waals surface area contributed by atoms with Gasteiger partial charge in [-0.2, -0.15) is 14.9 Å². The SMILES string of the molecule is N#Cc1cccc(CNc2c3c(nc4c(Cl)cnn24)C2(CCCCC2)CC3)c1. The lowest BCUT2D eigenvalue weighted by molar-refractivity contribution is 0.286. The van der Waals surface area contributed by atoms with Gasteiger partial charge in [-0.25, -0.2) is 4.98 Å². The number of hydrogen-bond donors (Lipinski definition) is 1. The minimum absolute atomic E-state index is 0.208. The minimum Gasteiger partial charge on any atom is -0.366 e. The zero-order valence-electron chi connectivity index (χ0n) is 15.7. The summed E-state index contributed by atoms with van der Waals surface area (Å²) in [6.45, 7) is 0.631. The number of hydrogen-bond acceptors (Lipinski definition) is 4. The molecule has 2 aliphatic rings. The van der Waals surface area contributed by atoms with E-state index in [1.807, 2.05) is 28.8 Å². The lowest BCUT2D eigenvalue weighted by Gasteiger charge is -2.33. The smallest absolute Gasteiger partial charge is 0.176 e. The van der Waals surface area contributed by atoms with Crippen LogP contribution in [-0.2, 0) is 18.4 Å². The Hall–Kier alpha value is -2.58. The van der Waals surface area contributed by atoms with Crippen LogP contribution in [0.4, 0.5) is 5.82 Å². The summed E-state index contributed by atoms with van der Waals surface area (Å²) < 4.78 is 1.84. The van der Waals surface area contributed by atoms with Crippen molar-refractivity contribution >= 4 is 23.1 Å². The van der Waals surface area contributed by atoms with Crippen LogP contribution in [0.2, 0.25) is 5.02 Å². The largest absolute Gasteiger partial charge is 0.366 e. The Morgan fingerprint density at radius 1 is 1.21 bits per heavy atom. The van der Waals surface area contributed by atoms with Crippen molar-refractivity contribution in [3.05, 3.63) is 57.9 Å². The van der Waals surface area contributed by atoms with Crippen LogP contribution in [0, 0.1) is 11.3 Å². The molecule has 142 valence electrons. The molecule has 6 heteroatoms. The van der Waals surface area contributed by atoms with E-state index in [2.05, 4.69) is 16.5 Å². The van der Waals surface area contributed by atoms with Crippen LogP contribution in [0.3, 0.4) is 0 Å². The molecular weight excluding hydrogens is 370 g/mol. The van der Waals surface area contributed by atoms with Crippen LogP contribution in [-0.4, -0.2) is 14.6 Å². The molecule has 5 nitrogen and oxygen atoms in total. The highest BCUT2D eigenvalue weighted by atomic mass is 35.5. The average molecular weight is 392 g/mol. The van der Waals surface area contributed by atoms with Crippen LogP contribution < -0.4 is 5.32 Å². The molecule has 0 radical (unpaired) electrons. The van der Waals surface area contributed by atoms with E-state index in [1.165, 1.54) is 49.8 Å². The first-order chi connectivity index (χ1) is 13.7. The molecule has 0 bridgehead atoms. The van der Waals surface area contributed by atoms with Crippen LogP contribution in [0.15, 0.2) is 30.5 Å². The first kappa shape index (κ1) is 17.5. The number of rotatable bonds is 3. The van der Waals surface area contributed by atoms with Gasteiger partial charge in [0, 0.05) is 17.5 Å². The van der Waals surface area contributed by atoms with E-state index in [0.717, 1.165) is 23.4 Å². The van der Waals surface area contributed by atoms with E-state index >= 15 is 0 Å². The minimum atomic E-state index is 0.208. The highest BCUT2D eigenvalue weighted by Crippen LogP contribution is 2.50. The second kappa shape index (κ2) is 6.79. The molecule has 1 fully saturated rings. The molecule has 0 saturated heterocycles. The van der Waals surface area contributed by atoms with E-state index in [4.69, 9.17) is 21.8 Å². The summed E-state index contributed by atoms with van der Waals surface area (Å²) in [6.07, 6.45) is 10.2. The van der Waals surface area contributed by atoms with Gasteiger partial charge in [-0.1, -0.05) is 43.0 Å². The maximum absolute atomic E-state index is 9.15. The molecule has 1 saturated carbocycles. The van der Waals surface area contributed by atoms with Gasteiger partial charge in [0.25, 0.3) is 0 Å². The lowest BCUT2D eigenvalue weighted by Crippen LogP contribution is -2.27. The second-order valence-electron chi connectivity index (χ2n) is 8.02. The third kappa shape index (κ3) is 2.75. The van der Waals surface area contributed by atoms with Crippen molar-refractivity contribution in [1.29, 1.82) is 5.26 Å². The van der Waals surface area contributed by atoms with Crippen LogP contribution in [0.5, 0.6) is 0 Å². The third-order valence-electron chi connectivity index (χ3n) is 6.38. The van der Waals surface area contributed by atoms with Gasteiger partial charge in [0.2, 0.25) is 0 Å². The van der Waals surface area contributed by atoms with Crippen molar-refractivity contribution in [1.82, 2.24) is 14.6 Å². The molecule has 2 aliphatic carbocycles. The molecule has 2 aromatic heterocycles. The Morgan fingerprint density at radius 3 is 2.89 bits per heavy atom. The Bertz CT molecular complexity index is 1090. The summed E-state index contributed by atoms with van der Waals surface area (Å²) in [7, 11) is 0. The normalized spacial score (nSPS) is 17.6. The first-order valence-corrected chi connectivity index (χ1v) is 10.4. The molecule has 3 aromatic rings. The fourth-order valence-electron chi connectivity index (χ4n) is 4.99. The molecule has 0 unspecified atom stereocenters. The average Bonchev–Trinajstić information content (AvgIpc) is 3.28. The number of nitriles is 1. The van der Waals surface area contributed by atoms with Crippen LogP contribution >= 0.6 is 11.6 Å². The van der Waals surface area contributed by atoms with E-state index in [9.17, 15) is 0 Å². The molecule has 1 aromatic carbocycles. The van der Waals surface area contributed by atoms with Gasteiger partial charge >= 0.3 is 0 Å². The van der Waals surface area contributed by atoms with E-state index < -0.39 is 0 Å². The predicted octanol–water partition coefficient (Wildman–Crippen LogP) is 5.01. The molecule has 1 N–H and O–H groups in total. The third-order valence-corrected chi connectivity index (χ3v) is 6.65. The summed E-state index contributed by atoms with van der Waals surface area (Å²) in [5.41, 5.74) is 5.20. The van der Waals surface area contributed by atoms with Gasteiger partial charge in [-0.15, -0.1) is 0 Å². The molecule has 0 atom stereocenters. The van der Waals surface area contributed by atoms with Crippen LogP contribution in [0.25, 0.3) is 5.65 Å². The van der Waals surface area contributed by atoms with E-state index in [-0.39, 0.29) is 5.41 Å². The maximum Gasteiger partial charge on any atom is 0.176 e. The number of benzene rings is 1. The standard InChI is InChI=1S/C22H22ClN5/c23-18-14-26-28-20(25-13-16-6-4-5-15(11-16)12-24)17-7-10-22(8-2-1-3-9-22)19(17)27-21(18)28/h4-6,11,14,25H,1-3,7-10,13H2. The van der Waals surface area contributed by atoms with Crippen molar-refractivity contribution in [2.75, 3.05) is 5.32 Å². The number of fused-ring (bicyclic) bond motifs is 3. The quantitative estimate of drug-likeness (QED) is 0.681. The molecule has 0 amide bonds. The Balaban J connectivity index is 1.57. The molecule has 2 heterocycles. The Labute approximate surface area is 169 Å². The number of halogens is 1. The molecular formula is C22H22ClN5. The molecule has 1 spiro atoms. The fourth-order valence-corrected chi connectivity index (χ4v) is 5.16. The monoisotopic (exact) mass is 391 g/mol. The van der Waals surface area contributed by atoms with Crippen molar-refractivity contribution in [3.63, 3.8) is 0 Å². The number of nitrogens with one attached hydrogen (secondary N) is 1. The first-order valence-electron chi connectivity index (χ1n) is 10.00. The highest BCUT2D eigenvalue weighted by Gasteiger charge is 2.43. The van der Waals surface area contributed by atoms with E-state index in [1.54, 1.807) is 6.20 Å². The number of nitrogens with zero attached hydrogens (tertiary/aromatic N) is 4. The van der Waals surface area contributed by atoms with Crippen molar-refractivity contribution in [2.24, 2.45) is 0 Å². The highest BCUT2D eigenvalue weighted by molar-refractivity contribution is 6.33. The van der Waals surface area contributed by atoms with Gasteiger partial charge < -0.3 is 5.32 Å². The predicted molar refractivity (Wildman–Crippen MR) is 110 cm³/mol. The zero-order valence-corrected chi connectivity index (χ0v) is 16.5. The summed E-state index contributed by atoms with van der Waals surface area (Å²) in [5, 5.41) is 17.8. The van der Waals surface area contributed by atoms with Gasteiger partial charge in [-0.05, 0) is 43.4 Å². The van der Waals surface area contributed by atoms with Crippen molar-refractivity contribution in [2.45, 2.75) is 56.9 Å². The summed E-state index contributed by atoms with van der Waals surface area (Å²) in [6, 6.07) is 9.91. The summed E-state index contributed by atoms with van der Waals surface area (Å²) in [4.78, 5) is 5.02. The number of anilines is 1. The summed E-state index contributed by atoms with van der Waals surface area (Å²) >= 11 is 6.42. The van der Waals surface area contributed by atoms with Gasteiger partial charge in [-0.3, -0.25) is 0 Å². The molecule has 0 aliphatic heterocycles. The van der Waals surface area contributed by atoms with E-state index in [0.29, 0.717) is 17.1 Å². The Morgan fingerprint density at radius 2 is 2.07 bits per heavy atom. The second-order valence-corrected chi connectivity index (χ2v) is 8.43. The zero-order chi connectivity index (χ0) is 19.1. The van der Waals surface area contributed by atoms with Crippen LogP contribution in [0.1, 0.15) is 60.9 Å². The number of aromatic nitrogens is 3. The Kier molecular flexibility index (Phi) is 4.25. The topological polar surface area (TPSA) is 66.0 Å². The lowest BCUT2D eigenvalue weighted by atomic mass is 9.72. The summed E-state index contributed by atoms with van der Waals surface area (Å²) in [5.74, 6) is 0.997. The van der Waals surface area contributed by atoms with Gasteiger partial charge in [0.05, 0.1) is 23.5 Å². The van der Waals surface area contributed by atoms with Crippen molar-refractivity contribution in [3.8, 4) is 6.07 Å². The molecule has 5 rings (SSSR count). The van der Waals surface area contributed by atoms with Gasteiger partial charge in [0.1, 0.15) is 10.8 Å². The molecule has 28 heavy (non-hydrogen) atoms. The van der Waals surface area contributed by atoms with Gasteiger partial charge in [0.15, 0.2) is 5.65 Å². The fraction of sp³-hybridized carbons (Fsp3) is 0.409. The maximum atomic E-state index is 9.15.